The maximum Gasteiger partial charge on any atom is 0.190 e. The van der Waals surface area contributed by atoms with Crippen LogP contribution in [0.2, 0.25) is 0 Å². The second-order valence-electron chi connectivity index (χ2n) is 6.33. The fourth-order valence-electron chi connectivity index (χ4n) is 2.98. The van der Waals surface area contributed by atoms with Gasteiger partial charge >= 0.3 is 0 Å². The van der Waals surface area contributed by atoms with Crippen LogP contribution in [0.15, 0.2) is 46.9 Å². The number of hydrogen-bond donors (Lipinski definition) is 2. The van der Waals surface area contributed by atoms with Gasteiger partial charge in [-0.1, -0.05) is 18.2 Å². The topological polar surface area (TPSA) is 54.2 Å². The van der Waals surface area contributed by atoms with Gasteiger partial charge in [-0.25, -0.2) is 4.98 Å². The van der Waals surface area contributed by atoms with Crippen molar-refractivity contribution < 1.29 is 0 Å². The Labute approximate surface area is 159 Å². The number of aromatic nitrogens is 2. The summed E-state index contributed by atoms with van der Waals surface area (Å²) in [6.45, 7) is 4.85. The van der Waals surface area contributed by atoms with Crippen molar-refractivity contribution in [2.45, 2.75) is 32.7 Å². The highest BCUT2D eigenvalue weighted by Crippen LogP contribution is 2.15. The molecule has 0 aliphatic heterocycles. The van der Waals surface area contributed by atoms with Crippen molar-refractivity contribution in [1.82, 2.24) is 20.2 Å². The van der Waals surface area contributed by atoms with Crippen molar-refractivity contribution in [3.63, 3.8) is 0 Å². The van der Waals surface area contributed by atoms with Crippen LogP contribution >= 0.6 is 11.3 Å². The van der Waals surface area contributed by atoms with Gasteiger partial charge in [-0.2, -0.15) is 0 Å². The maximum atomic E-state index is 4.50. The summed E-state index contributed by atoms with van der Waals surface area (Å²) in [7, 11) is 1.82. The molecule has 3 aromatic rings. The first-order chi connectivity index (χ1) is 12.8. The number of aryl methyl sites for hydroxylation is 3. The van der Waals surface area contributed by atoms with E-state index in [1.807, 2.05) is 14.0 Å². The van der Waals surface area contributed by atoms with Gasteiger partial charge in [0.2, 0.25) is 0 Å². The molecule has 0 atom stereocenters. The zero-order chi connectivity index (χ0) is 18.2. The predicted octanol–water partition coefficient (Wildman–Crippen LogP) is 3.59. The number of rotatable bonds is 8. The molecule has 0 spiro atoms. The zero-order valence-electron chi connectivity index (χ0n) is 15.5. The molecule has 0 bridgehead atoms. The molecule has 0 saturated carbocycles. The number of nitrogens with one attached hydrogen (secondary N) is 2. The van der Waals surface area contributed by atoms with E-state index in [4.69, 9.17) is 0 Å². The summed E-state index contributed by atoms with van der Waals surface area (Å²) in [6.07, 6.45) is 5.29. The number of nitrogens with zero attached hydrogens (tertiary/aromatic N) is 3. The van der Waals surface area contributed by atoms with Crippen LogP contribution in [0.4, 0.5) is 0 Å². The van der Waals surface area contributed by atoms with Crippen LogP contribution in [-0.4, -0.2) is 35.6 Å². The number of hydrogen-bond acceptors (Lipinski definition) is 3. The molecule has 26 heavy (non-hydrogen) atoms. The maximum absolute atomic E-state index is 4.50. The summed E-state index contributed by atoms with van der Waals surface area (Å²) >= 11 is 1.74. The highest BCUT2D eigenvalue weighted by molar-refractivity contribution is 7.09. The Hall–Kier alpha value is -2.34. The number of aliphatic imine (C=N–C) groups is 1. The van der Waals surface area contributed by atoms with Gasteiger partial charge in [0.15, 0.2) is 5.96 Å². The lowest BCUT2D eigenvalue weighted by Gasteiger charge is -2.12. The minimum atomic E-state index is 0.873. The number of para-hydroxylation sites is 1. The third kappa shape index (κ3) is 5.08. The second-order valence-corrected chi connectivity index (χ2v) is 7.28. The van der Waals surface area contributed by atoms with Crippen LogP contribution in [0.1, 0.15) is 23.5 Å². The summed E-state index contributed by atoms with van der Waals surface area (Å²) in [5.41, 5.74) is 2.42. The third-order valence-electron chi connectivity index (χ3n) is 4.30. The third-order valence-corrected chi connectivity index (χ3v) is 5.32. The quantitative estimate of drug-likeness (QED) is 0.362. The summed E-state index contributed by atoms with van der Waals surface area (Å²) in [6, 6.07) is 10.7. The van der Waals surface area contributed by atoms with E-state index in [1.165, 1.54) is 15.9 Å². The van der Waals surface area contributed by atoms with Gasteiger partial charge in [-0.15, -0.1) is 11.3 Å². The molecule has 138 valence electrons. The van der Waals surface area contributed by atoms with E-state index in [1.54, 1.807) is 11.3 Å². The molecule has 0 unspecified atom stereocenters. The lowest BCUT2D eigenvalue weighted by atomic mass is 10.2. The highest BCUT2D eigenvalue weighted by Gasteiger charge is 2.02. The Bertz CT molecular complexity index is 849. The van der Waals surface area contributed by atoms with Crippen LogP contribution in [0.5, 0.6) is 0 Å². The van der Waals surface area contributed by atoms with Gasteiger partial charge in [-0.3, -0.25) is 4.99 Å². The van der Waals surface area contributed by atoms with E-state index < -0.39 is 0 Å². The lowest BCUT2D eigenvalue weighted by molar-refractivity contribution is 0.638. The molecular weight excluding hydrogens is 342 g/mol. The molecular formula is C20H27N5S. The molecule has 2 heterocycles. The molecule has 0 radical (unpaired) electrons. The van der Waals surface area contributed by atoms with Crippen molar-refractivity contribution >= 4 is 28.2 Å². The standard InChI is InChI=1S/C20H27N5S/c1-16-15-26-19(24-16)9-5-11-22-20(21-2)23-12-6-13-25-14-10-17-7-3-4-8-18(17)25/h3-4,7-8,10,14-15H,5-6,9,11-13H2,1-2H3,(H2,21,22,23). The molecule has 0 aliphatic carbocycles. The largest absolute Gasteiger partial charge is 0.356 e. The van der Waals surface area contributed by atoms with Gasteiger partial charge in [0.1, 0.15) is 0 Å². The van der Waals surface area contributed by atoms with Gasteiger partial charge in [0, 0.05) is 55.9 Å². The summed E-state index contributed by atoms with van der Waals surface area (Å²) in [4.78, 5) is 8.79. The van der Waals surface area contributed by atoms with Crippen molar-refractivity contribution in [3.05, 3.63) is 52.6 Å². The average molecular weight is 370 g/mol. The molecule has 3 rings (SSSR count). The fraction of sp³-hybridized carbons (Fsp3) is 0.400. The highest BCUT2D eigenvalue weighted by atomic mass is 32.1. The van der Waals surface area contributed by atoms with E-state index in [9.17, 15) is 0 Å². The smallest absolute Gasteiger partial charge is 0.190 e. The molecule has 2 aromatic heterocycles. The summed E-state index contributed by atoms with van der Waals surface area (Å²) < 4.78 is 2.31. The Morgan fingerprint density at radius 2 is 1.96 bits per heavy atom. The Morgan fingerprint density at radius 3 is 2.73 bits per heavy atom. The minimum Gasteiger partial charge on any atom is -0.356 e. The normalized spacial score (nSPS) is 11.8. The minimum absolute atomic E-state index is 0.873. The molecule has 2 N–H and O–H groups in total. The first kappa shape index (κ1) is 18.5. The molecule has 0 saturated heterocycles. The first-order valence-corrected chi connectivity index (χ1v) is 10.0. The monoisotopic (exact) mass is 369 g/mol. The van der Waals surface area contributed by atoms with Crippen molar-refractivity contribution in [2.75, 3.05) is 20.1 Å². The zero-order valence-corrected chi connectivity index (χ0v) is 16.4. The molecule has 0 amide bonds. The molecule has 5 nitrogen and oxygen atoms in total. The van der Waals surface area contributed by atoms with Crippen LogP contribution < -0.4 is 10.6 Å². The molecule has 0 aliphatic rings. The van der Waals surface area contributed by atoms with Gasteiger partial charge < -0.3 is 15.2 Å². The first-order valence-electron chi connectivity index (χ1n) is 9.15. The summed E-state index contributed by atoms with van der Waals surface area (Å²) in [5, 5.41) is 11.4. The SMILES string of the molecule is CN=C(NCCCc1nc(C)cs1)NCCCn1ccc2ccccc21. The molecule has 6 heteroatoms. The van der Waals surface area contributed by atoms with Gasteiger partial charge in [0.25, 0.3) is 0 Å². The number of guanidine groups is 1. The van der Waals surface area contributed by atoms with E-state index in [0.29, 0.717) is 0 Å². The van der Waals surface area contributed by atoms with Crippen molar-refractivity contribution in [3.8, 4) is 0 Å². The van der Waals surface area contributed by atoms with E-state index in [-0.39, 0.29) is 0 Å². The summed E-state index contributed by atoms with van der Waals surface area (Å²) in [5.74, 6) is 0.873. The molecule has 0 fully saturated rings. The lowest BCUT2D eigenvalue weighted by Crippen LogP contribution is -2.38. The molecule has 1 aromatic carbocycles. The Balaban J connectivity index is 1.34. The van der Waals surface area contributed by atoms with Crippen LogP contribution in [-0.2, 0) is 13.0 Å². The predicted molar refractivity (Wildman–Crippen MR) is 111 cm³/mol. The van der Waals surface area contributed by atoms with Crippen LogP contribution in [0.25, 0.3) is 10.9 Å². The van der Waals surface area contributed by atoms with Crippen molar-refractivity contribution in [1.29, 1.82) is 0 Å². The van der Waals surface area contributed by atoms with Gasteiger partial charge in [-0.05, 0) is 37.3 Å². The van der Waals surface area contributed by atoms with E-state index in [2.05, 4.69) is 67.1 Å². The van der Waals surface area contributed by atoms with Crippen molar-refractivity contribution in [2.24, 2.45) is 4.99 Å². The van der Waals surface area contributed by atoms with Gasteiger partial charge in [0.05, 0.1) is 5.01 Å². The average Bonchev–Trinajstić information content (AvgIpc) is 3.26. The van der Waals surface area contributed by atoms with Crippen LogP contribution in [0.3, 0.4) is 0 Å². The number of fused-ring (bicyclic) bond motifs is 1. The fourth-order valence-corrected chi connectivity index (χ4v) is 3.79. The Morgan fingerprint density at radius 1 is 1.15 bits per heavy atom. The second kappa shape index (κ2) is 9.38. The Kier molecular flexibility index (Phi) is 6.66. The van der Waals surface area contributed by atoms with E-state index >= 15 is 0 Å². The van der Waals surface area contributed by atoms with E-state index in [0.717, 1.165) is 50.6 Å². The number of thiazole rings is 1. The number of benzene rings is 1. The van der Waals surface area contributed by atoms with Crippen LogP contribution in [0, 0.1) is 6.92 Å².